The highest BCUT2D eigenvalue weighted by Crippen LogP contribution is 2.47. The Morgan fingerprint density at radius 2 is 1.94 bits per heavy atom. The van der Waals surface area contributed by atoms with Gasteiger partial charge in [-0.3, -0.25) is 4.79 Å². The van der Waals surface area contributed by atoms with E-state index in [-0.39, 0.29) is 11.3 Å². The van der Waals surface area contributed by atoms with Crippen LogP contribution >= 0.6 is 0 Å². The number of benzene rings is 3. The third kappa shape index (κ3) is 3.08. The third-order valence-electron chi connectivity index (χ3n) is 6.88. The molecule has 7 nitrogen and oxygen atoms in total. The van der Waals surface area contributed by atoms with Crippen molar-refractivity contribution >= 4 is 39.7 Å². The quantitative estimate of drug-likeness (QED) is 0.352. The number of rotatable bonds is 4. The number of ketones is 1. The van der Waals surface area contributed by atoms with Crippen molar-refractivity contribution < 1.29 is 19.2 Å². The summed E-state index contributed by atoms with van der Waals surface area (Å²) in [6.07, 6.45) is 3.35. The molecule has 1 saturated heterocycles. The Kier molecular flexibility index (Phi) is 4.65. The zero-order valence-corrected chi connectivity index (χ0v) is 18.7. The Hall–Kier alpha value is -4.13. The van der Waals surface area contributed by atoms with Gasteiger partial charge in [0.15, 0.2) is 11.5 Å². The van der Waals surface area contributed by atoms with Crippen LogP contribution in [0.4, 0.5) is 17.1 Å². The number of hydrogen-bond donors (Lipinski definition) is 2. The third-order valence-corrected chi connectivity index (χ3v) is 6.88. The highest BCUT2D eigenvalue weighted by atomic mass is 16.5. The number of carboxylic acid groups (broad SMARTS) is 1. The molecule has 0 saturated carbocycles. The minimum Gasteiger partial charge on any atom is -0.478 e. The summed E-state index contributed by atoms with van der Waals surface area (Å²) in [7, 11) is 0. The lowest BCUT2D eigenvalue weighted by molar-refractivity contribution is 0.0696. The molecular weight excluding hydrogens is 430 g/mol. The second-order valence-corrected chi connectivity index (χ2v) is 8.98. The van der Waals surface area contributed by atoms with Crippen LogP contribution in [-0.4, -0.2) is 34.6 Å². The van der Waals surface area contributed by atoms with Crippen LogP contribution in [0.3, 0.4) is 0 Å². The SMILES string of the molecule is C[C@@H]1CCCCN1c1cc(Nc2cccc(C(=O)O)c2)c2c3c(onc13)-c1ccccc1C2=O. The number of carbonyl (C=O) groups is 2. The van der Waals surface area contributed by atoms with Crippen LogP contribution in [0, 0.1) is 0 Å². The lowest BCUT2D eigenvalue weighted by atomic mass is 9.86. The Bertz CT molecular complexity index is 1470. The molecule has 3 aromatic carbocycles. The molecule has 6 rings (SSSR count). The van der Waals surface area contributed by atoms with Crippen molar-refractivity contribution in [3.8, 4) is 11.3 Å². The monoisotopic (exact) mass is 453 g/mol. The van der Waals surface area contributed by atoms with Crippen molar-refractivity contribution in [2.45, 2.75) is 32.2 Å². The molecule has 0 bridgehead atoms. The van der Waals surface area contributed by atoms with Gasteiger partial charge in [-0.1, -0.05) is 35.5 Å². The summed E-state index contributed by atoms with van der Waals surface area (Å²) in [4.78, 5) is 27.5. The first-order valence-electron chi connectivity index (χ1n) is 11.5. The molecule has 1 aliphatic carbocycles. The molecule has 1 fully saturated rings. The van der Waals surface area contributed by atoms with Gasteiger partial charge in [0.2, 0.25) is 0 Å². The summed E-state index contributed by atoms with van der Waals surface area (Å²) in [5.41, 5.74) is 4.80. The topological polar surface area (TPSA) is 95.7 Å². The minimum atomic E-state index is -1.01. The van der Waals surface area contributed by atoms with E-state index in [0.29, 0.717) is 45.2 Å². The van der Waals surface area contributed by atoms with Gasteiger partial charge in [-0.2, -0.15) is 0 Å². The van der Waals surface area contributed by atoms with E-state index in [1.807, 2.05) is 24.3 Å². The number of nitrogens with zero attached hydrogens (tertiary/aromatic N) is 2. The fraction of sp³-hybridized carbons (Fsp3) is 0.222. The molecule has 0 spiro atoms. The zero-order valence-electron chi connectivity index (χ0n) is 18.7. The van der Waals surface area contributed by atoms with Gasteiger partial charge in [-0.25, -0.2) is 4.79 Å². The molecule has 0 unspecified atom stereocenters. The van der Waals surface area contributed by atoms with Crippen molar-refractivity contribution in [1.29, 1.82) is 0 Å². The van der Waals surface area contributed by atoms with Crippen LogP contribution in [0.25, 0.3) is 22.2 Å². The summed E-state index contributed by atoms with van der Waals surface area (Å²) in [5, 5.41) is 17.9. The van der Waals surface area contributed by atoms with Crippen LogP contribution in [0.1, 0.15) is 52.5 Å². The summed E-state index contributed by atoms with van der Waals surface area (Å²) in [6, 6.07) is 16.3. The van der Waals surface area contributed by atoms with E-state index in [0.717, 1.165) is 30.6 Å². The fourth-order valence-corrected chi connectivity index (χ4v) is 5.20. The van der Waals surface area contributed by atoms with E-state index >= 15 is 0 Å². The first kappa shape index (κ1) is 20.5. The van der Waals surface area contributed by atoms with Gasteiger partial charge in [-0.05, 0) is 50.5 Å². The van der Waals surface area contributed by atoms with E-state index in [1.165, 1.54) is 6.42 Å². The van der Waals surface area contributed by atoms with Crippen molar-refractivity contribution in [3.63, 3.8) is 0 Å². The zero-order chi connectivity index (χ0) is 23.4. The maximum absolute atomic E-state index is 13.7. The number of aromatic nitrogens is 1. The molecular formula is C27H23N3O4. The second-order valence-electron chi connectivity index (χ2n) is 8.98. The average Bonchev–Trinajstić information content (AvgIpc) is 3.29. The number of carbonyl (C=O) groups excluding carboxylic acids is 1. The predicted molar refractivity (Wildman–Crippen MR) is 130 cm³/mol. The summed E-state index contributed by atoms with van der Waals surface area (Å²) < 4.78 is 5.86. The Morgan fingerprint density at radius 3 is 2.74 bits per heavy atom. The molecule has 1 aromatic heterocycles. The van der Waals surface area contributed by atoms with Gasteiger partial charge in [0.25, 0.3) is 0 Å². The number of carboxylic acids is 1. The molecule has 170 valence electrons. The Morgan fingerprint density at radius 1 is 1.12 bits per heavy atom. The highest BCUT2D eigenvalue weighted by Gasteiger charge is 2.34. The maximum Gasteiger partial charge on any atom is 0.335 e. The molecule has 2 heterocycles. The number of aromatic carboxylic acids is 1. The number of anilines is 3. The van der Waals surface area contributed by atoms with E-state index in [9.17, 15) is 14.7 Å². The number of nitrogens with one attached hydrogen (secondary N) is 1. The summed E-state index contributed by atoms with van der Waals surface area (Å²) >= 11 is 0. The molecule has 4 aromatic rings. The number of hydrogen-bond acceptors (Lipinski definition) is 6. The van der Waals surface area contributed by atoms with E-state index < -0.39 is 5.97 Å². The van der Waals surface area contributed by atoms with Crippen molar-refractivity contribution in [1.82, 2.24) is 5.16 Å². The van der Waals surface area contributed by atoms with Crippen molar-refractivity contribution in [2.24, 2.45) is 0 Å². The minimum absolute atomic E-state index is 0.105. The largest absolute Gasteiger partial charge is 0.478 e. The second kappa shape index (κ2) is 7.73. The molecule has 0 amide bonds. The van der Waals surface area contributed by atoms with Gasteiger partial charge in [0.1, 0.15) is 5.52 Å². The lowest BCUT2D eigenvalue weighted by Crippen LogP contribution is -2.37. The molecule has 7 heteroatoms. The van der Waals surface area contributed by atoms with Gasteiger partial charge >= 0.3 is 5.97 Å². The number of fused-ring (bicyclic) bond motifs is 2. The first-order chi connectivity index (χ1) is 16.5. The summed E-state index contributed by atoms with van der Waals surface area (Å²) in [5.74, 6) is -0.518. The molecule has 1 aliphatic heterocycles. The van der Waals surface area contributed by atoms with Gasteiger partial charge in [-0.15, -0.1) is 0 Å². The summed E-state index contributed by atoms with van der Waals surface area (Å²) in [6.45, 7) is 3.10. The predicted octanol–water partition coefficient (Wildman–Crippen LogP) is 5.86. The standard InChI is InChI=1S/C27H23N3O4/c1-15-7-4-5-12-30(15)21-14-20(28-17-9-6-8-16(13-17)27(32)33)22-23-24(21)29-34-26(23)19-11-3-2-10-18(19)25(22)31/h2-3,6,8-11,13-15,28H,4-5,7,12H2,1H3,(H,32,33)/t15-/m1/s1. The average molecular weight is 453 g/mol. The van der Waals surface area contributed by atoms with E-state index in [2.05, 4.69) is 22.3 Å². The first-order valence-corrected chi connectivity index (χ1v) is 11.5. The highest BCUT2D eigenvalue weighted by molar-refractivity contribution is 6.28. The van der Waals surface area contributed by atoms with Crippen LogP contribution < -0.4 is 10.2 Å². The normalized spacial score (nSPS) is 17.0. The Labute approximate surface area is 196 Å². The molecule has 2 aliphatic rings. The van der Waals surface area contributed by atoms with Crippen LogP contribution in [0.2, 0.25) is 0 Å². The molecule has 1 atom stereocenters. The van der Waals surface area contributed by atoms with Crippen LogP contribution in [0.15, 0.2) is 59.1 Å². The van der Waals surface area contributed by atoms with Crippen LogP contribution in [0.5, 0.6) is 0 Å². The van der Waals surface area contributed by atoms with Gasteiger partial charge < -0.3 is 19.8 Å². The number of piperidine rings is 1. The molecule has 34 heavy (non-hydrogen) atoms. The van der Waals surface area contributed by atoms with Gasteiger partial charge in [0.05, 0.1) is 27.9 Å². The van der Waals surface area contributed by atoms with Crippen molar-refractivity contribution in [2.75, 3.05) is 16.8 Å². The molecule has 2 N–H and O–H groups in total. The Balaban J connectivity index is 1.60. The fourth-order valence-electron chi connectivity index (χ4n) is 5.20. The van der Waals surface area contributed by atoms with Gasteiger partial charge in [0, 0.05) is 29.4 Å². The van der Waals surface area contributed by atoms with E-state index in [4.69, 9.17) is 4.52 Å². The smallest absolute Gasteiger partial charge is 0.335 e. The lowest BCUT2D eigenvalue weighted by Gasteiger charge is -2.36. The van der Waals surface area contributed by atoms with E-state index in [1.54, 1.807) is 30.3 Å². The molecule has 0 radical (unpaired) electrons. The maximum atomic E-state index is 13.7. The van der Waals surface area contributed by atoms with Crippen LogP contribution in [-0.2, 0) is 0 Å². The van der Waals surface area contributed by atoms with Crippen molar-refractivity contribution in [3.05, 3.63) is 71.3 Å².